The Kier molecular flexibility index (Phi) is 6.14. The Hall–Kier alpha value is -3.51. The molecular weight excluding hydrogens is 381 g/mol. The van der Waals surface area contributed by atoms with Crippen molar-refractivity contribution in [3.63, 3.8) is 0 Å². The van der Waals surface area contributed by atoms with Crippen LogP contribution in [0.15, 0.2) is 77.9 Å². The van der Waals surface area contributed by atoms with Crippen molar-refractivity contribution in [1.29, 1.82) is 0 Å². The second-order valence-electron chi connectivity index (χ2n) is 5.76. The number of hydrogen-bond acceptors (Lipinski definition) is 3. The third-order valence-corrected chi connectivity index (χ3v) is 4.04. The molecule has 0 unspecified atom stereocenters. The largest absolute Gasteiger partial charge is 0.322 e. The van der Waals surface area contributed by atoms with Gasteiger partial charge in [0.1, 0.15) is 5.82 Å². The zero-order valence-electron chi connectivity index (χ0n) is 14.5. The molecule has 3 aromatic rings. The van der Waals surface area contributed by atoms with Gasteiger partial charge >= 0.3 is 0 Å². The van der Waals surface area contributed by atoms with Crippen LogP contribution in [0, 0.1) is 5.82 Å². The number of nitrogens with one attached hydrogen (secondary N) is 2. The Labute approximate surface area is 165 Å². The van der Waals surface area contributed by atoms with Crippen molar-refractivity contribution < 1.29 is 14.0 Å². The first-order valence-electron chi connectivity index (χ1n) is 8.28. The maximum Gasteiger partial charge on any atom is 0.271 e. The number of benzene rings is 3. The number of hydrogen-bond donors (Lipinski definition) is 2. The first kappa shape index (κ1) is 19.3. The van der Waals surface area contributed by atoms with E-state index in [-0.39, 0.29) is 11.5 Å². The van der Waals surface area contributed by atoms with Gasteiger partial charge in [-0.1, -0.05) is 29.8 Å². The molecule has 0 saturated carbocycles. The third-order valence-electron chi connectivity index (χ3n) is 3.79. The summed E-state index contributed by atoms with van der Waals surface area (Å²) in [5.41, 5.74) is 3.94. The molecule has 7 heteroatoms. The number of rotatable bonds is 5. The van der Waals surface area contributed by atoms with Crippen LogP contribution in [0.1, 0.15) is 26.3 Å². The fourth-order valence-corrected chi connectivity index (χ4v) is 2.44. The molecule has 5 nitrogen and oxygen atoms in total. The summed E-state index contributed by atoms with van der Waals surface area (Å²) in [5.74, 6) is -1.17. The SMILES string of the molecule is O=C(NN=Cc1ccccc1F)c1ccc(NC(=O)c2ccc(Cl)cc2)cc1. The molecule has 2 amide bonds. The topological polar surface area (TPSA) is 70.6 Å². The minimum absolute atomic E-state index is 0.267. The van der Waals surface area contributed by atoms with Crippen molar-refractivity contribution in [3.05, 3.63) is 100 Å². The molecular formula is C21H15ClFN3O2. The lowest BCUT2D eigenvalue weighted by atomic mass is 10.1. The standard InChI is InChI=1S/C21H15ClFN3O2/c22-17-9-5-14(6-10-17)20(27)25-18-11-7-15(8-12-18)21(28)26-24-13-16-3-1-2-4-19(16)23/h1-13H,(H,25,27)(H,26,28). The molecule has 3 rings (SSSR count). The van der Waals surface area contributed by atoms with Gasteiger partial charge in [0, 0.05) is 27.4 Å². The lowest BCUT2D eigenvalue weighted by molar-refractivity contribution is 0.0954. The van der Waals surface area contributed by atoms with Crippen LogP contribution in [0.3, 0.4) is 0 Å². The predicted molar refractivity (Wildman–Crippen MR) is 107 cm³/mol. The number of amides is 2. The molecule has 140 valence electrons. The first-order chi connectivity index (χ1) is 13.5. The lowest BCUT2D eigenvalue weighted by Crippen LogP contribution is -2.18. The highest BCUT2D eigenvalue weighted by atomic mass is 35.5. The van der Waals surface area contributed by atoms with Crippen LogP contribution < -0.4 is 10.7 Å². The summed E-state index contributed by atoms with van der Waals surface area (Å²) in [6.07, 6.45) is 1.23. The second-order valence-corrected chi connectivity index (χ2v) is 6.20. The second kappa shape index (κ2) is 8.92. The van der Waals surface area contributed by atoms with Crippen molar-refractivity contribution in [3.8, 4) is 0 Å². The van der Waals surface area contributed by atoms with Crippen molar-refractivity contribution in [2.75, 3.05) is 5.32 Å². The third kappa shape index (κ3) is 5.02. The Morgan fingerprint density at radius 1 is 0.857 bits per heavy atom. The van der Waals surface area contributed by atoms with E-state index in [0.717, 1.165) is 0 Å². The number of hydrazone groups is 1. The molecule has 0 saturated heterocycles. The average molecular weight is 396 g/mol. The average Bonchev–Trinajstić information content (AvgIpc) is 2.70. The van der Waals surface area contributed by atoms with E-state index >= 15 is 0 Å². The summed E-state index contributed by atoms with van der Waals surface area (Å²) in [4.78, 5) is 24.3. The molecule has 0 aromatic heterocycles. The number of carbonyl (C=O) groups excluding carboxylic acids is 2. The van der Waals surface area contributed by atoms with Crippen LogP contribution in [-0.4, -0.2) is 18.0 Å². The molecule has 0 aliphatic heterocycles. The van der Waals surface area contributed by atoms with Crippen LogP contribution in [0.2, 0.25) is 5.02 Å². The number of carbonyl (C=O) groups is 2. The molecule has 0 heterocycles. The fourth-order valence-electron chi connectivity index (χ4n) is 2.31. The van der Waals surface area contributed by atoms with E-state index in [1.54, 1.807) is 66.7 Å². The lowest BCUT2D eigenvalue weighted by Gasteiger charge is -2.06. The number of anilines is 1. The summed E-state index contributed by atoms with van der Waals surface area (Å²) in [6, 6.07) is 18.9. The van der Waals surface area contributed by atoms with Crippen LogP contribution in [-0.2, 0) is 0 Å². The Balaban J connectivity index is 1.59. The van der Waals surface area contributed by atoms with Gasteiger partial charge in [-0.15, -0.1) is 0 Å². The van der Waals surface area contributed by atoms with Crippen LogP contribution in [0.25, 0.3) is 0 Å². The molecule has 0 spiro atoms. The summed E-state index contributed by atoms with van der Waals surface area (Å²) in [6.45, 7) is 0. The Morgan fingerprint density at radius 3 is 2.14 bits per heavy atom. The molecule has 0 fully saturated rings. The van der Waals surface area contributed by atoms with Gasteiger partial charge < -0.3 is 5.32 Å². The molecule has 0 bridgehead atoms. The molecule has 3 aromatic carbocycles. The van der Waals surface area contributed by atoms with E-state index < -0.39 is 11.7 Å². The first-order valence-corrected chi connectivity index (χ1v) is 8.65. The van der Waals surface area contributed by atoms with Crippen molar-refractivity contribution in [2.24, 2.45) is 5.10 Å². The Bertz CT molecular complexity index is 1020. The van der Waals surface area contributed by atoms with Crippen LogP contribution >= 0.6 is 11.6 Å². The summed E-state index contributed by atoms with van der Waals surface area (Å²) in [7, 11) is 0. The smallest absolute Gasteiger partial charge is 0.271 e. The maximum absolute atomic E-state index is 13.5. The highest BCUT2D eigenvalue weighted by Crippen LogP contribution is 2.14. The zero-order chi connectivity index (χ0) is 19.9. The van der Waals surface area contributed by atoms with E-state index in [1.807, 2.05) is 0 Å². The monoisotopic (exact) mass is 395 g/mol. The fraction of sp³-hybridized carbons (Fsp3) is 0. The minimum atomic E-state index is -0.455. The Morgan fingerprint density at radius 2 is 1.46 bits per heavy atom. The van der Waals surface area contributed by atoms with Crippen molar-refractivity contribution in [1.82, 2.24) is 5.43 Å². The molecule has 0 aliphatic rings. The van der Waals surface area contributed by atoms with Gasteiger partial charge in [-0.2, -0.15) is 5.10 Å². The van der Waals surface area contributed by atoms with Gasteiger partial charge in [0.15, 0.2) is 0 Å². The van der Waals surface area contributed by atoms with E-state index in [2.05, 4.69) is 15.8 Å². The maximum atomic E-state index is 13.5. The van der Waals surface area contributed by atoms with Crippen molar-refractivity contribution >= 4 is 35.3 Å². The van der Waals surface area contributed by atoms with Gasteiger partial charge in [0.25, 0.3) is 11.8 Å². The van der Waals surface area contributed by atoms with Crippen LogP contribution in [0.5, 0.6) is 0 Å². The summed E-state index contributed by atoms with van der Waals surface area (Å²) in [5, 5.41) is 7.03. The van der Waals surface area contributed by atoms with Crippen LogP contribution in [0.4, 0.5) is 10.1 Å². The van der Waals surface area contributed by atoms with Gasteiger partial charge in [0.2, 0.25) is 0 Å². The van der Waals surface area contributed by atoms with E-state index in [1.165, 1.54) is 12.3 Å². The van der Waals surface area contributed by atoms with E-state index in [4.69, 9.17) is 11.6 Å². The molecule has 28 heavy (non-hydrogen) atoms. The quantitative estimate of drug-likeness (QED) is 0.493. The molecule has 0 atom stereocenters. The van der Waals surface area contributed by atoms with Gasteiger partial charge in [-0.3, -0.25) is 9.59 Å². The minimum Gasteiger partial charge on any atom is -0.322 e. The number of nitrogens with zero attached hydrogens (tertiary/aromatic N) is 1. The highest BCUT2D eigenvalue weighted by molar-refractivity contribution is 6.30. The summed E-state index contributed by atoms with van der Waals surface area (Å²) >= 11 is 5.80. The molecule has 0 radical (unpaired) electrons. The normalized spacial score (nSPS) is 10.6. The van der Waals surface area contributed by atoms with Gasteiger partial charge in [-0.05, 0) is 54.6 Å². The molecule has 2 N–H and O–H groups in total. The predicted octanol–water partition coefficient (Wildman–Crippen LogP) is 4.50. The zero-order valence-corrected chi connectivity index (χ0v) is 15.3. The van der Waals surface area contributed by atoms with E-state index in [0.29, 0.717) is 21.8 Å². The summed E-state index contributed by atoms with van der Waals surface area (Å²) < 4.78 is 13.5. The van der Waals surface area contributed by atoms with E-state index in [9.17, 15) is 14.0 Å². The molecule has 0 aliphatic carbocycles. The van der Waals surface area contributed by atoms with Gasteiger partial charge in [-0.25, -0.2) is 9.82 Å². The van der Waals surface area contributed by atoms with Crippen molar-refractivity contribution in [2.45, 2.75) is 0 Å². The van der Waals surface area contributed by atoms with Gasteiger partial charge in [0.05, 0.1) is 6.21 Å². The number of halogens is 2. The highest BCUT2D eigenvalue weighted by Gasteiger charge is 2.08.